The molecule has 0 bridgehead atoms. The Morgan fingerprint density at radius 3 is 2.49 bits per heavy atom. The first kappa shape index (κ1) is 23.3. The zero-order valence-corrected chi connectivity index (χ0v) is 21.0. The van der Waals surface area contributed by atoms with Crippen LogP contribution in [0.1, 0.15) is 48.8 Å². The van der Waals surface area contributed by atoms with Gasteiger partial charge in [-0.2, -0.15) is 0 Å². The van der Waals surface area contributed by atoms with E-state index in [2.05, 4.69) is 11.4 Å². The molecule has 6 nitrogen and oxygen atoms in total. The van der Waals surface area contributed by atoms with Gasteiger partial charge in [-0.1, -0.05) is 36.8 Å². The van der Waals surface area contributed by atoms with Crippen LogP contribution in [0.5, 0.6) is 11.5 Å². The molecular weight excluding hydrogens is 462 g/mol. The summed E-state index contributed by atoms with van der Waals surface area (Å²) in [4.78, 5) is 16.0. The summed E-state index contributed by atoms with van der Waals surface area (Å²) >= 11 is 0. The summed E-state index contributed by atoms with van der Waals surface area (Å²) in [6.07, 6.45) is 8.03. The van der Waals surface area contributed by atoms with E-state index in [0.29, 0.717) is 6.54 Å². The Hall–Kier alpha value is -4.06. The van der Waals surface area contributed by atoms with Crippen LogP contribution in [-0.2, 0) is 16.8 Å². The zero-order valence-electron chi connectivity index (χ0n) is 21.0. The van der Waals surface area contributed by atoms with Crippen molar-refractivity contribution >= 4 is 29.2 Å². The van der Waals surface area contributed by atoms with E-state index in [1.807, 2.05) is 65.6 Å². The molecule has 0 unspecified atom stereocenters. The number of fused-ring (bicyclic) bond motifs is 2. The minimum atomic E-state index is -0.498. The van der Waals surface area contributed by atoms with Crippen molar-refractivity contribution in [2.75, 3.05) is 17.3 Å². The van der Waals surface area contributed by atoms with Gasteiger partial charge in [-0.05, 0) is 79.3 Å². The fraction of sp³-hybridized carbons (Fsp3) is 0.290. The number of nitrogens with one attached hydrogen (secondary N) is 2. The van der Waals surface area contributed by atoms with E-state index in [0.717, 1.165) is 77.4 Å². The van der Waals surface area contributed by atoms with Gasteiger partial charge in [0.1, 0.15) is 11.5 Å². The van der Waals surface area contributed by atoms with Crippen molar-refractivity contribution in [2.45, 2.75) is 50.2 Å². The number of rotatable bonds is 9. The highest BCUT2D eigenvalue weighted by Gasteiger charge is 2.55. The van der Waals surface area contributed by atoms with E-state index in [4.69, 9.17) is 14.9 Å². The molecule has 1 amide bonds. The average molecular weight is 494 g/mol. The van der Waals surface area contributed by atoms with Gasteiger partial charge in [0.2, 0.25) is 5.91 Å². The van der Waals surface area contributed by atoms with E-state index in [1.165, 1.54) is 6.21 Å². The molecule has 0 atom stereocenters. The fourth-order valence-electron chi connectivity index (χ4n) is 5.39. The predicted molar refractivity (Wildman–Crippen MR) is 147 cm³/mol. The molecule has 1 heterocycles. The van der Waals surface area contributed by atoms with Gasteiger partial charge in [0.05, 0.1) is 30.9 Å². The van der Waals surface area contributed by atoms with Crippen LogP contribution in [-0.4, -0.2) is 25.3 Å². The first-order chi connectivity index (χ1) is 18.1. The van der Waals surface area contributed by atoms with E-state index < -0.39 is 5.41 Å². The Labute approximate surface area is 217 Å². The summed E-state index contributed by atoms with van der Waals surface area (Å²) in [6, 6.07) is 22.0. The van der Waals surface area contributed by atoms with Crippen molar-refractivity contribution in [1.82, 2.24) is 0 Å². The maximum Gasteiger partial charge on any atom is 0.238 e. The van der Waals surface area contributed by atoms with Crippen molar-refractivity contribution in [3.63, 3.8) is 0 Å². The molecule has 2 fully saturated rings. The average Bonchev–Trinajstić information content (AvgIpc) is 3.67. The number of nitrogens with zero attached hydrogens (tertiary/aromatic N) is 1. The lowest BCUT2D eigenvalue weighted by atomic mass is 9.65. The number of carbonyl (C=O) groups excluding carboxylic acids is 1. The molecule has 0 aromatic heterocycles. The number of benzene rings is 3. The van der Waals surface area contributed by atoms with Gasteiger partial charge in [0, 0.05) is 23.2 Å². The normalized spacial score (nSPS) is 17.8. The van der Waals surface area contributed by atoms with E-state index in [9.17, 15) is 4.79 Å². The number of amides is 1. The van der Waals surface area contributed by atoms with Gasteiger partial charge in [0.25, 0.3) is 0 Å². The van der Waals surface area contributed by atoms with Crippen LogP contribution in [0.15, 0.2) is 72.8 Å². The molecule has 6 rings (SSSR count). The van der Waals surface area contributed by atoms with Crippen molar-refractivity contribution in [2.24, 2.45) is 0 Å². The SMILES string of the molecule is COc1ccc(CN2C(=O)C3(CCC3)c3cc(/C(=C/C=N)Nc4ccccc4)cc(OC4CC4)c32)cc1. The van der Waals surface area contributed by atoms with Crippen molar-refractivity contribution < 1.29 is 14.3 Å². The Kier molecular flexibility index (Phi) is 5.95. The number of carbonyl (C=O) groups is 1. The lowest BCUT2D eigenvalue weighted by molar-refractivity contribution is -0.126. The van der Waals surface area contributed by atoms with Crippen molar-refractivity contribution in [3.05, 3.63) is 89.5 Å². The third kappa shape index (κ3) is 4.26. The topological polar surface area (TPSA) is 74.7 Å². The van der Waals surface area contributed by atoms with Gasteiger partial charge in [-0.15, -0.1) is 0 Å². The van der Waals surface area contributed by atoms with E-state index >= 15 is 0 Å². The summed E-state index contributed by atoms with van der Waals surface area (Å²) in [6.45, 7) is 0.489. The summed E-state index contributed by atoms with van der Waals surface area (Å²) in [5, 5.41) is 11.2. The van der Waals surface area contributed by atoms with Crippen molar-refractivity contribution in [1.29, 1.82) is 5.41 Å². The van der Waals surface area contributed by atoms with E-state index in [-0.39, 0.29) is 12.0 Å². The molecule has 2 saturated carbocycles. The highest BCUT2D eigenvalue weighted by atomic mass is 16.5. The monoisotopic (exact) mass is 493 g/mol. The molecule has 2 N–H and O–H groups in total. The van der Waals surface area contributed by atoms with Crippen LogP contribution < -0.4 is 19.7 Å². The fourth-order valence-corrected chi connectivity index (χ4v) is 5.39. The van der Waals surface area contributed by atoms with Crippen LogP contribution in [0.25, 0.3) is 5.70 Å². The quantitative estimate of drug-likeness (QED) is 0.343. The molecule has 37 heavy (non-hydrogen) atoms. The number of ether oxygens (including phenoxy) is 2. The van der Waals surface area contributed by atoms with Gasteiger partial charge in [-0.25, -0.2) is 0 Å². The summed E-state index contributed by atoms with van der Waals surface area (Å²) in [5.41, 5.74) is 5.18. The summed E-state index contributed by atoms with van der Waals surface area (Å²) in [5.74, 6) is 1.72. The molecule has 0 saturated heterocycles. The smallest absolute Gasteiger partial charge is 0.238 e. The van der Waals surface area contributed by atoms with Gasteiger partial charge >= 0.3 is 0 Å². The number of anilines is 2. The Balaban J connectivity index is 1.44. The number of methoxy groups -OCH3 is 1. The zero-order chi connectivity index (χ0) is 25.4. The molecule has 1 spiro atoms. The highest BCUT2D eigenvalue weighted by Crippen LogP contribution is 2.57. The number of allylic oxidation sites excluding steroid dienone is 1. The lowest BCUT2D eigenvalue weighted by Gasteiger charge is -2.37. The molecule has 3 aromatic rings. The predicted octanol–water partition coefficient (Wildman–Crippen LogP) is 6.31. The maximum atomic E-state index is 14.0. The molecule has 1 aliphatic heterocycles. The van der Waals surface area contributed by atoms with Crippen LogP contribution in [0.3, 0.4) is 0 Å². The molecule has 2 aliphatic carbocycles. The van der Waals surface area contributed by atoms with Crippen molar-refractivity contribution in [3.8, 4) is 11.5 Å². The third-order valence-electron chi connectivity index (χ3n) is 7.65. The highest BCUT2D eigenvalue weighted by molar-refractivity contribution is 6.10. The van der Waals surface area contributed by atoms with E-state index in [1.54, 1.807) is 13.2 Å². The van der Waals surface area contributed by atoms with Crippen LogP contribution in [0.2, 0.25) is 0 Å². The second kappa shape index (κ2) is 9.43. The molecular formula is C31H31N3O3. The van der Waals surface area contributed by atoms with Crippen LogP contribution >= 0.6 is 0 Å². The first-order valence-electron chi connectivity index (χ1n) is 12.9. The number of hydrogen-bond acceptors (Lipinski definition) is 5. The van der Waals surface area contributed by atoms with Crippen LogP contribution in [0.4, 0.5) is 11.4 Å². The van der Waals surface area contributed by atoms with Gasteiger partial charge in [-0.3, -0.25) is 4.79 Å². The lowest BCUT2D eigenvalue weighted by Crippen LogP contribution is -2.44. The summed E-state index contributed by atoms with van der Waals surface area (Å²) in [7, 11) is 1.66. The maximum absolute atomic E-state index is 14.0. The molecule has 3 aliphatic rings. The second-order valence-electron chi connectivity index (χ2n) is 10.1. The number of hydrogen-bond donors (Lipinski definition) is 2. The standard InChI is InChI=1S/C31H31N3O3/c1-36-24-10-8-21(9-11-24)20-34-29-26(31(30(34)35)15-5-16-31)18-22(19-28(29)37-25-12-13-25)27(14-17-32)33-23-6-3-2-4-7-23/h2-4,6-11,14,17-19,25,32-33H,5,12-13,15-16,20H2,1H3/b27-14-,32-17?. The molecule has 3 aromatic carbocycles. The first-order valence-corrected chi connectivity index (χ1v) is 12.9. The van der Waals surface area contributed by atoms with Gasteiger partial charge in [0.15, 0.2) is 0 Å². The third-order valence-corrected chi connectivity index (χ3v) is 7.65. The Morgan fingerprint density at radius 2 is 1.86 bits per heavy atom. The van der Waals surface area contributed by atoms with Gasteiger partial charge < -0.3 is 25.1 Å². The summed E-state index contributed by atoms with van der Waals surface area (Å²) < 4.78 is 11.8. The number of para-hydroxylation sites is 1. The van der Waals surface area contributed by atoms with Crippen LogP contribution in [0, 0.1) is 5.41 Å². The molecule has 6 heteroatoms. The Morgan fingerprint density at radius 1 is 1.11 bits per heavy atom. The minimum Gasteiger partial charge on any atom is -0.497 e. The minimum absolute atomic E-state index is 0.163. The Bertz CT molecular complexity index is 1360. The molecule has 0 radical (unpaired) electrons. The largest absolute Gasteiger partial charge is 0.497 e. The molecule has 188 valence electrons. The second-order valence-corrected chi connectivity index (χ2v) is 10.1.